The largest absolute Gasteiger partial charge is 0.324 e. The van der Waals surface area contributed by atoms with Crippen LogP contribution in [0.5, 0.6) is 0 Å². The fraction of sp³-hybridized carbons (Fsp3) is 0.333. The summed E-state index contributed by atoms with van der Waals surface area (Å²) in [7, 11) is 0. The van der Waals surface area contributed by atoms with E-state index in [4.69, 9.17) is 5.73 Å². The Kier molecular flexibility index (Phi) is 4.86. The van der Waals surface area contributed by atoms with Gasteiger partial charge in [0.2, 0.25) is 0 Å². The average Bonchev–Trinajstić information content (AvgIpc) is 2.03. The Morgan fingerprint density at radius 1 is 1.50 bits per heavy atom. The minimum atomic E-state index is -0.216. The standard InChI is InChI=1S/C9H12FN.ClH/c1-2-9(11)7-4-3-5-8(10)6-7;/h3-6,9H,2,11H2,1H3;1H/t9-;/m0./s1. The summed E-state index contributed by atoms with van der Waals surface area (Å²) in [5.74, 6) is -0.216. The van der Waals surface area contributed by atoms with Crippen LogP contribution in [-0.4, -0.2) is 0 Å². The summed E-state index contributed by atoms with van der Waals surface area (Å²) in [5.41, 5.74) is 6.56. The molecule has 0 saturated carbocycles. The van der Waals surface area contributed by atoms with E-state index in [1.807, 2.05) is 13.0 Å². The first-order valence-electron chi connectivity index (χ1n) is 3.75. The van der Waals surface area contributed by atoms with E-state index >= 15 is 0 Å². The van der Waals surface area contributed by atoms with Gasteiger partial charge in [-0.2, -0.15) is 0 Å². The summed E-state index contributed by atoms with van der Waals surface area (Å²) in [6, 6.07) is 6.39. The van der Waals surface area contributed by atoms with Crippen molar-refractivity contribution in [2.24, 2.45) is 5.73 Å². The fourth-order valence-electron chi connectivity index (χ4n) is 0.973. The van der Waals surface area contributed by atoms with Gasteiger partial charge < -0.3 is 5.73 Å². The van der Waals surface area contributed by atoms with Crippen molar-refractivity contribution in [3.05, 3.63) is 35.6 Å². The highest BCUT2D eigenvalue weighted by Gasteiger charge is 2.02. The van der Waals surface area contributed by atoms with Crippen molar-refractivity contribution >= 4 is 12.4 Å². The van der Waals surface area contributed by atoms with E-state index in [1.54, 1.807) is 6.07 Å². The Bertz CT molecular complexity index is 240. The van der Waals surface area contributed by atoms with Crippen LogP contribution in [0.25, 0.3) is 0 Å². The van der Waals surface area contributed by atoms with E-state index in [0.717, 1.165) is 12.0 Å². The summed E-state index contributed by atoms with van der Waals surface area (Å²) in [6.07, 6.45) is 0.837. The molecule has 0 aliphatic rings. The smallest absolute Gasteiger partial charge is 0.123 e. The molecule has 0 aromatic heterocycles. The van der Waals surface area contributed by atoms with Gasteiger partial charge in [-0.1, -0.05) is 19.1 Å². The van der Waals surface area contributed by atoms with E-state index in [-0.39, 0.29) is 24.3 Å². The molecule has 0 aliphatic heterocycles. The van der Waals surface area contributed by atoms with Crippen LogP contribution >= 0.6 is 12.4 Å². The summed E-state index contributed by atoms with van der Waals surface area (Å²) in [4.78, 5) is 0. The third-order valence-corrected chi connectivity index (χ3v) is 1.72. The first-order valence-corrected chi connectivity index (χ1v) is 3.75. The van der Waals surface area contributed by atoms with E-state index < -0.39 is 0 Å². The molecular weight excluding hydrogens is 177 g/mol. The Morgan fingerprint density at radius 2 is 2.17 bits per heavy atom. The molecule has 0 heterocycles. The number of rotatable bonds is 2. The van der Waals surface area contributed by atoms with Gasteiger partial charge in [-0.05, 0) is 24.1 Å². The summed E-state index contributed by atoms with van der Waals surface area (Å²) < 4.78 is 12.6. The number of hydrogen-bond donors (Lipinski definition) is 1. The van der Waals surface area contributed by atoms with Crippen LogP contribution in [0.2, 0.25) is 0 Å². The zero-order valence-electron chi connectivity index (χ0n) is 6.96. The molecule has 0 aliphatic carbocycles. The van der Waals surface area contributed by atoms with Crippen molar-refractivity contribution in [2.45, 2.75) is 19.4 Å². The summed E-state index contributed by atoms with van der Waals surface area (Å²) in [6.45, 7) is 1.98. The Hall–Kier alpha value is -0.600. The molecule has 0 radical (unpaired) electrons. The van der Waals surface area contributed by atoms with Crippen molar-refractivity contribution in [1.82, 2.24) is 0 Å². The normalized spacial score (nSPS) is 11.9. The Morgan fingerprint density at radius 3 is 2.67 bits per heavy atom. The van der Waals surface area contributed by atoms with Gasteiger partial charge in [-0.3, -0.25) is 0 Å². The van der Waals surface area contributed by atoms with E-state index in [1.165, 1.54) is 12.1 Å². The lowest BCUT2D eigenvalue weighted by molar-refractivity contribution is 0.616. The molecule has 0 amide bonds. The van der Waals surface area contributed by atoms with Crippen LogP contribution in [0.4, 0.5) is 4.39 Å². The molecule has 0 bridgehead atoms. The second-order valence-corrected chi connectivity index (χ2v) is 2.57. The van der Waals surface area contributed by atoms with Gasteiger partial charge in [0.05, 0.1) is 0 Å². The molecule has 68 valence electrons. The maximum absolute atomic E-state index is 12.6. The average molecular weight is 190 g/mol. The van der Waals surface area contributed by atoms with Gasteiger partial charge in [-0.25, -0.2) is 4.39 Å². The topological polar surface area (TPSA) is 26.0 Å². The molecule has 3 heteroatoms. The lowest BCUT2D eigenvalue weighted by Gasteiger charge is -2.07. The molecule has 1 rings (SSSR count). The predicted octanol–water partition coefficient (Wildman–Crippen LogP) is 2.66. The van der Waals surface area contributed by atoms with Crippen LogP contribution < -0.4 is 5.73 Å². The molecule has 0 fully saturated rings. The number of halogens is 2. The van der Waals surface area contributed by atoms with Crippen molar-refractivity contribution in [1.29, 1.82) is 0 Å². The zero-order chi connectivity index (χ0) is 8.27. The quantitative estimate of drug-likeness (QED) is 0.761. The van der Waals surface area contributed by atoms with Crippen molar-refractivity contribution in [3.8, 4) is 0 Å². The van der Waals surface area contributed by atoms with Crippen LogP contribution in [0.1, 0.15) is 24.9 Å². The second-order valence-electron chi connectivity index (χ2n) is 2.57. The third-order valence-electron chi connectivity index (χ3n) is 1.72. The number of benzene rings is 1. The van der Waals surface area contributed by atoms with Gasteiger partial charge in [0, 0.05) is 6.04 Å². The summed E-state index contributed by atoms with van der Waals surface area (Å²) >= 11 is 0. The van der Waals surface area contributed by atoms with E-state index in [2.05, 4.69) is 0 Å². The van der Waals surface area contributed by atoms with Crippen LogP contribution in [-0.2, 0) is 0 Å². The highest BCUT2D eigenvalue weighted by molar-refractivity contribution is 5.85. The molecule has 2 N–H and O–H groups in total. The molecule has 0 spiro atoms. The first kappa shape index (κ1) is 11.4. The van der Waals surface area contributed by atoms with E-state index in [0.29, 0.717) is 0 Å². The predicted molar refractivity (Wildman–Crippen MR) is 50.9 cm³/mol. The lowest BCUT2D eigenvalue weighted by atomic mass is 10.1. The summed E-state index contributed by atoms with van der Waals surface area (Å²) in [5, 5.41) is 0. The van der Waals surface area contributed by atoms with Gasteiger partial charge in [0.15, 0.2) is 0 Å². The fourth-order valence-corrected chi connectivity index (χ4v) is 0.973. The highest BCUT2D eigenvalue weighted by Crippen LogP contribution is 2.13. The van der Waals surface area contributed by atoms with Crippen molar-refractivity contribution in [3.63, 3.8) is 0 Å². The van der Waals surface area contributed by atoms with Crippen LogP contribution in [0, 0.1) is 5.82 Å². The third kappa shape index (κ3) is 2.80. The highest BCUT2D eigenvalue weighted by atomic mass is 35.5. The van der Waals surface area contributed by atoms with Gasteiger partial charge in [0.25, 0.3) is 0 Å². The second kappa shape index (κ2) is 5.12. The SMILES string of the molecule is CC[C@H](N)c1cccc(F)c1.Cl. The number of hydrogen-bond acceptors (Lipinski definition) is 1. The lowest BCUT2D eigenvalue weighted by Crippen LogP contribution is -2.08. The molecular formula is C9H13ClFN. The van der Waals surface area contributed by atoms with Crippen molar-refractivity contribution < 1.29 is 4.39 Å². The minimum Gasteiger partial charge on any atom is -0.324 e. The molecule has 1 aromatic carbocycles. The Labute approximate surface area is 78.2 Å². The molecule has 1 atom stereocenters. The van der Waals surface area contributed by atoms with Gasteiger partial charge >= 0.3 is 0 Å². The monoisotopic (exact) mass is 189 g/mol. The van der Waals surface area contributed by atoms with Gasteiger partial charge in [-0.15, -0.1) is 12.4 Å². The van der Waals surface area contributed by atoms with E-state index in [9.17, 15) is 4.39 Å². The molecule has 0 saturated heterocycles. The van der Waals surface area contributed by atoms with Gasteiger partial charge in [0.1, 0.15) is 5.82 Å². The molecule has 12 heavy (non-hydrogen) atoms. The molecule has 0 unspecified atom stereocenters. The molecule has 1 nitrogen and oxygen atoms in total. The zero-order valence-corrected chi connectivity index (χ0v) is 7.77. The van der Waals surface area contributed by atoms with Crippen LogP contribution in [0.15, 0.2) is 24.3 Å². The van der Waals surface area contributed by atoms with Crippen LogP contribution in [0.3, 0.4) is 0 Å². The molecule has 1 aromatic rings. The Balaban J connectivity index is 0.00000121. The van der Waals surface area contributed by atoms with Crippen molar-refractivity contribution in [2.75, 3.05) is 0 Å². The maximum Gasteiger partial charge on any atom is 0.123 e. The number of nitrogens with two attached hydrogens (primary N) is 1. The maximum atomic E-state index is 12.6. The first-order chi connectivity index (χ1) is 5.24. The minimum absolute atomic E-state index is 0.